The molecule has 0 aromatic carbocycles. The van der Waals surface area contributed by atoms with Crippen LogP contribution < -0.4 is 0 Å². The van der Waals surface area contributed by atoms with Crippen LogP contribution in [0.25, 0.3) is 0 Å². The van der Waals surface area contributed by atoms with Crippen LogP contribution in [-0.4, -0.2) is 75.4 Å². The lowest BCUT2D eigenvalue weighted by atomic mass is 9.85. The molecule has 0 heterocycles. The minimum absolute atomic E-state index is 0.827. The fourth-order valence-electron chi connectivity index (χ4n) is 2.53. The number of rotatable bonds is 13. The van der Waals surface area contributed by atoms with Crippen molar-refractivity contribution in [1.82, 2.24) is 0 Å². The van der Waals surface area contributed by atoms with Gasteiger partial charge in [-0.15, -0.1) is 0 Å². The van der Waals surface area contributed by atoms with E-state index in [4.69, 9.17) is 0 Å². The molecule has 0 nitrogen and oxygen atoms in total. The van der Waals surface area contributed by atoms with Gasteiger partial charge in [0.05, 0.1) is 16.1 Å². The predicted octanol–water partition coefficient (Wildman–Crippen LogP) is 11.7. The smallest absolute Gasteiger partial charge is 0.195 e. The summed E-state index contributed by atoms with van der Waals surface area (Å²) in [5.41, 5.74) is 0. The monoisotopic (exact) mass is 950 g/mol. The summed E-state index contributed by atoms with van der Waals surface area (Å²) in [6.45, 7) is 6.44. The van der Waals surface area contributed by atoms with Crippen molar-refractivity contribution in [3.63, 3.8) is 0 Å². The first-order chi connectivity index (χ1) is 18.5. The van der Waals surface area contributed by atoms with Crippen LogP contribution in [0.5, 0.6) is 0 Å². The van der Waals surface area contributed by atoms with E-state index in [1.807, 2.05) is 0 Å². The number of halogens is 22. The lowest BCUT2D eigenvalue weighted by Crippen LogP contribution is -2.76. The summed E-state index contributed by atoms with van der Waals surface area (Å²) in [6.07, 6.45) is -2.28. The Morgan fingerprint density at radius 1 is 0.341 bits per heavy atom. The van der Waals surface area contributed by atoms with Crippen molar-refractivity contribution < 1.29 is 87.8 Å². The number of alkyl halides is 20. The molecule has 0 saturated carbocycles. The van der Waals surface area contributed by atoms with E-state index in [2.05, 4.69) is 0 Å². The molecule has 0 aliphatic heterocycles. The molecule has 0 N–H and O–H groups in total. The van der Waals surface area contributed by atoms with Crippen LogP contribution in [0.4, 0.5) is 87.8 Å². The van der Waals surface area contributed by atoms with Gasteiger partial charge in [0, 0.05) is 0 Å². The maximum atomic E-state index is 14.1. The van der Waals surface area contributed by atoms with Gasteiger partial charge < -0.3 is 0 Å². The molecular weight excluding hydrogens is 930 g/mol. The summed E-state index contributed by atoms with van der Waals surface area (Å²) in [6, 6.07) is 0. The molecule has 0 aromatic rings. The van der Waals surface area contributed by atoms with Gasteiger partial charge in [-0.05, 0) is 18.6 Å². The van der Waals surface area contributed by atoms with Gasteiger partial charge in [-0.1, -0.05) is 84.5 Å². The van der Waals surface area contributed by atoms with Gasteiger partial charge in [-0.3, -0.25) is 0 Å². The number of hydrogen-bond acceptors (Lipinski definition) is 0. The molecule has 0 fully saturated rings. The molecule has 0 spiro atoms. The lowest BCUT2D eigenvalue weighted by Gasteiger charge is -2.45. The topological polar surface area (TPSA) is 0 Å². The zero-order valence-electron chi connectivity index (χ0n) is 22.5. The van der Waals surface area contributed by atoms with Crippen LogP contribution >= 0.6 is 45.2 Å². The minimum atomic E-state index is -9.03. The van der Waals surface area contributed by atoms with E-state index in [9.17, 15) is 87.8 Å². The summed E-state index contributed by atoms with van der Waals surface area (Å²) in [4.78, 5) is 0. The van der Waals surface area contributed by atoms with Gasteiger partial charge in [0.1, 0.15) is 0 Å². The van der Waals surface area contributed by atoms with E-state index >= 15 is 0 Å². The molecule has 0 aliphatic carbocycles. The Labute approximate surface area is 265 Å². The van der Waals surface area contributed by atoms with Crippen molar-refractivity contribution in [2.75, 3.05) is 0 Å². The highest BCUT2D eigenvalue weighted by Gasteiger charge is 2.97. The SMILES string of the molecule is C[Si](C)(C)C(I)=CC(F)(F)C(F)(F)C(F)(F)C(F)(F)C(F)(F)C(F)(F)C(F)(F)C(F)(F)C(F)(F)C(F)(F)C=C(I)[Si](C)(C)C. The van der Waals surface area contributed by atoms with Gasteiger partial charge in [-0.25, -0.2) is 0 Å². The second-order valence-electron chi connectivity index (χ2n) is 11.3. The summed E-state index contributed by atoms with van der Waals surface area (Å²) >= 11 is 1.65. The first-order valence-corrected chi connectivity index (χ1v) is 20.2. The standard InChI is InChI=1S/C20H20F20I2Si2/c1-43(2,3)9(41)7-11(21,22)13(25,26)15(29,30)17(33,34)19(37,38)20(39,40)18(35,36)16(31,32)14(27,28)12(23,24)8-10(42)44(4,5)6/h7-8H,1-6H3. The molecule has 0 atom stereocenters. The molecule has 0 unspecified atom stereocenters. The molecule has 0 radical (unpaired) electrons. The molecule has 0 rings (SSSR count). The predicted molar refractivity (Wildman–Crippen MR) is 140 cm³/mol. The Morgan fingerprint density at radius 2 is 0.477 bits per heavy atom. The molecule has 0 aromatic heterocycles. The van der Waals surface area contributed by atoms with Crippen molar-refractivity contribution in [1.29, 1.82) is 0 Å². The average Bonchev–Trinajstić information content (AvgIpc) is 2.75. The Bertz CT molecular complexity index is 1040. The van der Waals surface area contributed by atoms with Crippen molar-refractivity contribution in [2.24, 2.45) is 0 Å². The highest BCUT2D eigenvalue weighted by molar-refractivity contribution is 14.1. The zero-order chi connectivity index (χ0) is 36.6. The normalized spacial score (nSPS) is 17.4. The second kappa shape index (κ2) is 11.8. The van der Waals surface area contributed by atoms with Gasteiger partial charge >= 0.3 is 59.2 Å². The second-order valence-corrected chi connectivity index (χ2v) is 25.8. The van der Waals surface area contributed by atoms with E-state index in [0.29, 0.717) is 0 Å². The van der Waals surface area contributed by atoms with Gasteiger partial charge in [0.2, 0.25) is 0 Å². The summed E-state index contributed by atoms with van der Waals surface area (Å²) < 4.78 is 280. The molecule has 0 bridgehead atoms. The Kier molecular flexibility index (Phi) is 11.8. The largest absolute Gasteiger partial charge is 0.385 e. The highest BCUT2D eigenvalue weighted by atomic mass is 127. The van der Waals surface area contributed by atoms with E-state index in [1.54, 1.807) is 0 Å². The maximum Gasteiger partial charge on any atom is 0.385 e. The van der Waals surface area contributed by atoms with Crippen molar-refractivity contribution in [3.8, 4) is 0 Å². The van der Waals surface area contributed by atoms with Crippen LogP contribution in [0.2, 0.25) is 39.3 Å². The minimum Gasteiger partial charge on any atom is -0.195 e. The Hall–Kier alpha value is -0.0262. The molecular formula is C20H20F20I2Si2. The Morgan fingerprint density at radius 3 is 0.614 bits per heavy atom. The van der Waals surface area contributed by atoms with Crippen LogP contribution in [0.1, 0.15) is 0 Å². The quantitative estimate of drug-likeness (QED) is 0.0980. The molecule has 44 heavy (non-hydrogen) atoms. The number of hydrogen-bond donors (Lipinski definition) is 0. The first-order valence-electron chi connectivity index (χ1n) is 11.1. The van der Waals surface area contributed by atoms with E-state index in [-0.39, 0.29) is 0 Å². The summed E-state index contributed by atoms with van der Waals surface area (Å²) in [5, 5.41) is 0. The average molecular weight is 950 g/mol. The third-order valence-electron chi connectivity index (χ3n) is 5.65. The van der Waals surface area contributed by atoms with Gasteiger partial charge in [-0.2, -0.15) is 87.8 Å². The molecule has 0 aliphatic rings. The van der Waals surface area contributed by atoms with E-state index in [0.717, 1.165) is 84.5 Å². The molecule has 0 saturated heterocycles. The van der Waals surface area contributed by atoms with Crippen molar-refractivity contribution >= 4 is 61.3 Å². The highest BCUT2D eigenvalue weighted by Crippen LogP contribution is 2.66. The molecule has 262 valence electrons. The maximum absolute atomic E-state index is 14.1. The van der Waals surface area contributed by atoms with Crippen LogP contribution in [0.3, 0.4) is 0 Å². The van der Waals surface area contributed by atoms with Crippen molar-refractivity contribution in [3.05, 3.63) is 18.6 Å². The van der Waals surface area contributed by atoms with Crippen LogP contribution in [-0.2, 0) is 0 Å². The zero-order valence-corrected chi connectivity index (χ0v) is 28.8. The van der Waals surface area contributed by atoms with Crippen LogP contribution in [0.15, 0.2) is 18.6 Å². The fourth-order valence-corrected chi connectivity index (χ4v) is 4.55. The molecule has 24 heteroatoms. The van der Waals surface area contributed by atoms with Crippen molar-refractivity contribution in [2.45, 2.75) is 98.5 Å². The summed E-state index contributed by atoms with van der Waals surface area (Å²) in [7, 11) is -6.41. The van der Waals surface area contributed by atoms with Crippen LogP contribution in [0, 0.1) is 0 Å². The first kappa shape index (κ1) is 44.0. The fraction of sp³-hybridized carbons (Fsp3) is 0.800. The number of allylic oxidation sites excluding steroid dienone is 2. The van der Waals surface area contributed by atoms with Gasteiger partial charge in [0.25, 0.3) is 0 Å². The Balaban J connectivity index is 7.34. The lowest BCUT2D eigenvalue weighted by molar-refractivity contribution is -0.466. The molecule has 0 amide bonds. The van der Waals surface area contributed by atoms with E-state index in [1.165, 1.54) is 0 Å². The third-order valence-corrected chi connectivity index (χ3v) is 19.1. The van der Waals surface area contributed by atoms with Gasteiger partial charge in [0.15, 0.2) is 0 Å². The third kappa shape index (κ3) is 6.65. The van der Waals surface area contributed by atoms with E-state index < -0.39 is 93.9 Å². The summed E-state index contributed by atoms with van der Waals surface area (Å²) in [5.74, 6) is -81.9.